The first-order valence-electron chi connectivity index (χ1n) is 6.72. The Morgan fingerprint density at radius 1 is 0.913 bits per heavy atom. The number of nitrogens with zero attached hydrogens (tertiary/aromatic N) is 1. The van der Waals surface area contributed by atoms with E-state index in [1.54, 1.807) is 0 Å². The second-order valence-corrected chi connectivity index (χ2v) is 5.22. The maximum absolute atomic E-state index is 12.2. The number of likely N-dealkylation sites (N-methyl/N-ethyl adjacent to an activating group) is 1. The topological polar surface area (TPSA) is 17.1 Å². The van der Waals surface area contributed by atoms with Crippen LogP contribution < -0.4 is 9.19 Å². The largest absolute Gasteiger partial charge is 1.00 e. The predicted molar refractivity (Wildman–Crippen MR) is 84.8 cm³/mol. The fraction of sp³-hybridized carbons (Fsp3) is 0.188. The minimum Gasteiger partial charge on any atom is -1.00 e. The predicted octanol–water partition coefficient (Wildman–Crippen LogP) is 1.02. The summed E-state index contributed by atoms with van der Waals surface area (Å²) in [7, 11) is 0.437. The van der Waals surface area contributed by atoms with Crippen LogP contribution in [0, 0.1) is 0 Å². The standard InChI is InChI=1S/C16H18NO.BF3.FH/c1-17(2,15-11-7-4-8-12-15)13-16(18)14-9-5-3-6-10-14;2-1(3)4;/h3-12H,13H2,1-2H3;;1H/q+1;;/p-1. The summed E-state index contributed by atoms with van der Waals surface area (Å²) in [5.74, 6) is 0.171. The van der Waals surface area contributed by atoms with Crippen molar-refractivity contribution in [2.75, 3.05) is 20.6 Å². The molecule has 0 radical (unpaired) electrons. The van der Waals surface area contributed by atoms with Gasteiger partial charge in [0.15, 0.2) is 0 Å². The lowest BCUT2D eigenvalue weighted by Gasteiger charge is -2.28. The molecule has 23 heavy (non-hydrogen) atoms. The first kappa shape index (κ1) is 20.9. The number of halogens is 4. The molecule has 0 saturated heterocycles. The fourth-order valence-corrected chi connectivity index (χ4v) is 2.00. The van der Waals surface area contributed by atoms with Crippen LogP contribution >= 0.6 is 0 Å². The van der Waals surface area contributed by atoms with E-state index in [1.807, 2.05) is 48.5 Å². The number of hydrogen-bond acceptors (Lipinski definition) is 1. The van der Waals surface area contributed by atoms with Crippen LogP contribution in [0.25, 0.3) is 0 Å². The van der Waals surface area contributed by atoms with Crippen molar-refractivity contribution in [3.8, 4) is 0 Å². The van der Waals surface area contributed by atoms with Gasteiger partial charge >= 0.3 is 7.54 Å². The Morgan fingerprint density at radius 2 is 1.30 bits per heavy atom. The third-order valence-corrected chi connectivity index (χ3v) is 3.09. The number of carbonyl (C=O) groups excluding carboxylic acids is 1. The highest BCUT2D eigenvalue weighted by atomic mass is 19.4. The molecular weight excluding hydrogens is 309 g/mol. The van der Waals surface area contributed by atoms with E-state index in [0.717, 1.165) is 11.3 Å². The molecule has 0 heterocycles. The second kappa shape index (κ2) is 9.79. The third-order valence-electron chi connectivity index (χ3n) is 3.09. The molecule has 2 aromatic rings. The van der Waals surface area contributed by atoms with Gasteiger partial charge in [0.25, 0.3) is 0 Å². The van der Waals surface area contributed by atoms with Gasteiger partial charge in [-0.1, -0.05) is 48.5 Å². The highest BCUT2D eigenvalue weighted by Gasteiger charge is 2.23. The SMILES string of the molecule is C[N+](C)(CC(=O)c1ccccc1)c1ccccc1.FB(F)F.[F-]. The fourth-order valence-electron chi connectivity index (χ4n) is 2.00. The molecular formula is C16H18BF4NO. The minimum absolute atomic E-state index is 0. The molecule has 0 spiro atoms. The molecule has 7 heteroatoms. The van der Waals surface area contributed by atoms with Crippen molar-refractivity contribution in [1.29, 1.82) is 0 Å². The summed E-state index contributed by atoms with van der Waals surface area (Å²) in [5.41, 5.74) is 1.92. The Kier molecular flexibility index (Phi) is 8.87. The molecule has 0 bridgehead atoms. The molecule has 124 valence electrons. The van der Waals surface area contributed by atoms with Gasteiger partial charge < -0.3 is 4.70 Å². The number of para-hydroxylation sites is 1. The summed E-state index contributed by atoms with van der Waals surface area (Å²) in [6.45, 7) is 0.466. The maximum Gasteiger partial charge on any atom is 0.762 e. The Bertz CT molecular complexity index is 576. The van der Waals surface area contributed by atoms with Gasteiger partial charge in [-0.25, -0.2) is 0 Å². The number of carbonyl (C=O) groups is 1. The molecule has 0 N–H and O–H groups in total. The number of Topliss-reactive ketones (excluding diaryl/α,β-unsaturated/α-hetero) is 1. The zero-order valence-electron chi connectivity index (χ0n) is 12.9. The summed E-state index contributed by atoms with van der Waals surface area (Å²) in [6, 6.07) is 19.6. The van der Waals surface area contributed by atoms with E-state index in [9.17, 15) is 17.7 Å². The Labute approximate surface area is 133 Å². The number of ketones is 1. The number of quaternary nitrogens is 1. The molecule has 0 aliphatic heterocycles. The summed E-state index contributed by atoms with van der Waals surface area (Å²) < 4.78 is 29.6. The minimum atomic E-state index is -3.67. The molecule has 0 saturated carbocycles. The van der Waals surface area contributed by atoms with Crippen molar-refractivity contribution in [3.05, 3.63) is 66.2 Å². The van der Waals surface area contributed by atoms with Gasteiger partial charge in [-0.2, -0.15) is 0 Å². The van der Waals surface area contributed by atoms with Gasteiger partial charge in [0.1, 0.15) is 12.2 Å². The molecule has 0 aromatic heterocycles. The van der Waals surface area contributed by atoms with Crippen LogP contribution in [0.1, 0.15) is 10.4 Å². The highest BCUT2D eigenvalue weighted by molar-refractivity contribution is 6.33. The molecule has 2 rings (SSSR count). The van der Waals surface area contributed by atoms with E-state index in [-0.39, 0.29) is 10.5 Å². The quantitative estimate of drug-likeness (QED) is 0.355. The zero-order chi connectivity index (χ0) is 16.6. The Balaban J connectivity index is 0.000000871. The van der Waals surface area contributed by atoms with Crippen molar-refractivity contribution >= 4 is 19.0 Å². The molecule has 2 nitrogen and oxygen atoms in total. The van der Waals surface area contributed by atoms with Crippen LogP contribution in [-0.2, 0) is 0 Å². The zero-order valence-corrected chi connectivity index (χ0v) is 12.9. The van der Waals surface area contributed by atoms with Gasteiger partial charge in [-0.05, 0) is 12.1 Å². The van der Waals surface area contributed by atoms with Gasteiger partial charge in [0.05, 0.1) is 14.1 Å². The van der Waals surface area contributed by atoms with Crippen molar-refractivity contribution in [3.63, 3.8) is 0 Å². The second-order valence-electron chi connectivity index (χ2n) is 5.22. The van der Waals surface area contributed by atoms with E-state index in [2.05, 4.69) is 26.2 Å². The van der Waals surface area contributed by atoms with Gasteiger partial charge in [0, 0.05) is 5.56 Å². The Morgan fingerprint density at radius 3 is 1.74 bits per heavy atom. The number of rotatable bonds is 4. The first-order chi connectivity index (χ1) is 10.3. The molecule has 0 aliphatic rings. The molecule has 0 unspecified atom stereocenters. The lowest BCUT2D eigenvalue weighted by Crippen LogP contribution is -3.00. The van der Waals surface area contributed by atoms with Crippen LogP contribution in [0.2, 0.25) is 0 Å². The third kappa shape index (κ3) is 7.60. The molecule has 0 amide bonds. The smallest absolute Gasteiger partial charge is 0.762 e. The van der Waals surface area contributed by atoms with Crippen LogP contribution in [-0.4, -0.2) is 34.0 Å². The van der Waals surface area contributed by atoms with E-state index in [0.29, 0.717) is 11.0 Å². The van der Waals surface area contributed by atoms with Gasteiger partial charge in [0.2, 0.25) is 5.78 Å². The number of hydrogen-bond donors (Lipinski definition) is 0. The van der Waals surface area contributed by atoms with Crippen LogP contribution in [0.5, 0.6) is 0 Å². The molecule has 0 atom stereocenters. The average molecular weight is 327 g/mol. The number of benzene rings is 2. The lowest BCUT2D eigenvalue weighted by molar-refractivity contribution is -0.0000159. The Hall–Kier alpha value is -2.15. The van der Waals surface area contributed by atoms with Gasteiger partial charge in [-0.3, -0.25) is 22.2 Å². The van der Waals surface area contributed by atoms with Crippen molar-refractivity contribution in [1.82, 2.24) is 4.48 Å². The van der Waals surface area contributed by atoms with Crippen molar-refractivity contribution < 1.29 is 22.4 Å². The van der Waals surface area contributed by atoms with E-state index in [4.69, 9.17) is 0 Å². The molecule has 2 aromatic carbocycles. The molecule has 0 aliphatic carbocycles. The normalized spacial score (nSPS) is 9.96. The van der Waals surface area contributed by atoms with E-state index in [1.165, 1.54) is 0 Å². The lowest BCUT2D eigenvalue weighted by atomic mass is 10.1. The molecule has 0 fully saturated rings. The summed E-state index contributed by atoms with van der Waals surface area (Å²) in [6.07, 6.45) is 0. The first-order valence-corrected chi connectivity index (χ1v) is 6.72. The summed E-state index contributed by atoms with van der Waals surface area (Å²) in [4.78, 5) is 12.2. The van der Waals surface area contributed by atoms with Crippen molar-refractivity contribution in [2.45, 2.75) is 0 Å². The summed E-state index contributed by atoms with van der Waals surface area (Å²) in [5, 5.41) is 0. The van der Waals surface area contributed by atoms with Crippen LogP contribution in [0.15, 0.2) is 60.7 Å². The van der Waals surface area contributed by atoms with E-state index < -0.39 is 7.54 Å². The van der Waals surface area contributed by atoms with Gasteiger partial charge in [-0.15, -0.1) is 0 Å². The average Bonchev–Trinajstić information content (AvgIpc) is 2.48. The highest BCUT2D eigenvalue weighted by Crippen LogP contribution is 2.18. The maximum atomic E-state index is 12.2. The van der Waals surface area contributed by atoms with E-state index >= 15 is 0 Å². The van der Waals surface area contributed by atoms with Crippen LogP contribution in [0.4, 0.5) is 18.6 Å². The summed E-state index contributed by atoms with van der Waals surface area (Å²) >= 11 is 0. The van der Waals surface area contributed by atoms with Crippen molar-refractivity contribution in [2.24, 2.45) is 0 Å². The van der Waals surface area contributed by atoms with Crippen LogP contribution in [0.3, 0.4) is 0 Å². The monoisotopic (exact) mass is 327 g/mol.